The van der Waals surface area contributed by atoms with Crippen molar-refractivity contribution in [2.45, 2.75) is 90.4 Å². The predicted octanol–water partition coefficient (Wildman–Crippen LogP) is 4.14. The van der Waals surface area contributed by atoms with Crippen LogP contribution in [0.25, 0.3) is 0 Å². The van der Waals surface area contributed by atoms with Crippen molar-refractivity contribution >= 4 is 40.3 Å². The van der Waals surface area contributed by atoms with Crippen molar-refractivity contribution < 1.29 is 57.9 Å². The standard InChI is InChI=1S/2C11H22O4Si.Pt/c2*1-7-10(13)11(9(4)12)16(14-5,15-6)8(2)3;/h2*8,11H,7H2,1-6H3;/q;;+2. The van der Waals surface area contributed by atoms with Crippen molar-refractivity contribution in [3.05, 3.63) is 0 Å². The third-order valence-corrected chi connectivity index (χ3v) is 14.7. The van der Waals surface area contributed by atoms with E-state index < -0.39 is 28.2 Å². The molecule has 0 aromatic carbocycles. The minimum atomic E-state index is -2.80. The quantitative estimate of drug-likeness (QED) is 0.198. The van der Waals surface area contributed by atoms with Gasteiger partial charge in [-0.3, -0.25) is 19.2 Å². The van der Waals surface area contributed by atoms with E-state index in [4.69, 9.17) is 17.7 Å². The molecule has 0 radical (unpaired) electrons. The van der Waals surface area contributed by atoms with Crippen LogP contribution in [0.4, 0.5) is 0 Å². The number of Topliss-reactive ketones (excluding diaryl/α,β-unsaturated/α-hetero) is 4. The summed E-state index contributed by atoms with van der Waals surface area (Å²) in [5.74, 6) is -0.486. The monoisotopic (exact) mass is 687 g/mol. The summed E-state index contributed by atoms with van der Waals surface area (Å²) in [5, 5.41) is 0. The van der Waals surface area contributed by atoms with E-state index in [0.717, 1.165) is 0 Å². The Bertz CT molecular complexity index is 578. The zero-order chi connectivity index (χ0) is 25.9. The third-order valence-electron chi connectivity index (χ3n) is 5.84. The van der Waals surface area contributed by atoms with Gasteiger partial charge in [0.2, 0.25) is 0 Å². The second-order valence-electron chi connectivity index (χ2n) is 8.30. The topological polar surface area (TPSA) is 105 Å². The molecular weight excluding hydrogens is 643 g/mol. The Morgan fingerprint density at radius 1 is 0.606 bits per heavy atom. The Labute approximate surface area is 216 Å². The summed E-state index contributed by atoms with van der Waals surface area (Å²) < 4.78 is 21.9. The van der Waals surface area contributed by atoms with Gasteiger partial charge in [-0.2, -0.15) is 0 Å². The van der Waals surface area contributed by atoms with Crippen molar-refractivity contribution in [1.29, 1.82) is 0 Å². The van der Waals surface area contributed by atoms with Gasteiger partial charge in [-0.25, -0.2) is 0 Å². The van der Waals surface area contributed by atoms with E-state index in [1.807, 2.05) is 27.7 Å². The normalized spacial score (nSPS) is 13.5. The summed E-state index contributed by atoms with van der Waals surface area (Å²) in [6, 6.07) is 0. The molecule has 0 aliphatic carbocycles. The van der Waals surface area contributed by atoms with Crippen LogP contribution in [-0.2, 0) is 57.9 Å². The van der Waals surface area contributed by atoms with Crippen LogP contribution < -0.4 is 0 Å². The minimum absolute atomic E-state index is 0. The van der Waals surface area contributed by atoms with Gasteiger partial charge < -0.3 is 17.7 Å². The Balaban J connectivity index is -0.000000529. The molecule has 2 atom stereocenters. The number of hydrogen-bond donors (Lipinski definition) is 0. The SMILES string of the molecule is CCC(=O)C(C(C)=O)[Si](OC)(OC)C(C)C.CCC(=O)C(C(C)=O)[Si](OC)(OC)C(C)C.[Pt+2]. The molecule has 2 unspecified atom stereocenters. The third kappa shape index (κ3) is 8.98. The van der Waals surface area contributed by atoms with Crippen molar-refractivity contribution in [1.82, 2.24) is 0 Å². The van der Waals surface area contributed by atoms with Crippen LogP contribution in [0.5, 0.6) is 0 Å². The van der Waals surface area contributed by atoms with E-state index in [-0.39, 0.29) is 55.3 Å². The first-order valence-corrected chi connectivity index (χ1v) is 14.9. The molecular formula is C22H44O8PtSi2+2. The van der Waals surface area contributed by atoms with Crippen molar-refractivity contribution in [2.75, 3.05) is 28.4 Å². The van der Waals surface area contributed by atoms with E-state index in [0.29, 0.717) is 12.8 Å². The molecule has 11 heteroatoms. The summed E-state index contributed by atoms with van der Waals surface area (Å²) in [6.07, 6.45) is 0.664. The van der Waals surface area contributed by atoms with Crippen LogP contribution in [0.1, 0.15) is 68.2 Å². The second kappa shape index (κ2) is 17.1. The number of carbonyl (C=O) groups excluding carboxylic acids is 4. The maximum absolute atomic E-state index is 11.9. The molecule has 0 aliphatic rings. The van der Waals surface area contributed by atoms with Crippen LogP contribution in [0.3, 0.4) is 0 Å². The summed E-state index contributed by atoms with van der Waals surface area (Å²) in [7, 11) is 0.497. The molecule has 196 valence electrons. The number of hydrogen-bond acceptors (Lipinski definition) is 8. The Morgan fingerprint density at radius 3 is 0.909 bits per heavy atom. The molecule has 0 spiro atoms. The van der Waals surface area contributed by atoms with Gasteiger partial charge in [-0.15, -0.1) is 0 Å². The first-order valence-electron chi connectivity index (χ1n) is 11.0. The van der Waals surface area contributed by atoms with E-state index in [9.17, 15) is 19.2 Å². The molecule has 0 bridgehead atoms. The van der Waals surface area contributed by atoms with Gasteiger partial charge >= 0.3 is 38.2 Å². The molecule has 33 heavy (non-hydrogen) atoms. The number of rotatable bonds is 14. The summed E-state index contributed by atoms with van der Waals surface area (Å²) >= 11 is 0. The van der Waals surface area contributed by atoms with Gasteiger partial charge in [0, 0.05) is 41.3 Å². The predicted molar refractivity (Wildman–Crippen MR) is 129 cm³/mol. The molecule has 0 saturated carbocycles. The number of carbonyl (C=O) groups is 4. The summed E-state index contributed by atoms with van der Waals surface area (Å²) in [5.41, 5.74) is -1.33. The van der Waals surface area contributed by atoms with Crippen LogP contribution in [0, 0.1) is 0 Å². The van der Waals surface area contributed by atoms with E-state index in [1.165, 1.54) is 42.3 Å². The minimum Gasteiger partial charge on any atom is -0.397 e. The summed E-state index contributed by atoms with van der Waals surface area (Å²) in [6.45, 7) is 14.1. The van der Waals surface area contributed by atoms with Gasteiger partial charge in [0.15, 0.2) is 0 Å². The van der Waals surface area contributed by atoms with Gasteiger partial charge in [0.25, 0.3) is 0 Å². The maximum Gasteiger partial charge on any atom is 2.00 e. The fourth-order valence-electron chi connectivity index (χ4n) is 4.12. The van der Waals surface area contributed by atoms with Crippen LogP contribution >= 0.6 is 0 Å². The van der Waals surface area contributed by atoms with E-state index in [2.05, 4.69) is 0 Å². The fraction of sp³-hybridized carbons (Fsp3) is 0.818. The largest absolute Gasteiger partial charge is 2.00 e. The van der Waals surface area contributed by atoms with Gasteiger partial charge in [-0.1, -0.05) is 41.5 Å². The average molecular weight is 688 g/mol. The van der Waals surface area contributed by atoms with Crippen molar-refractivity contribution in [3.8, 4) is 0 Å². The average Bonchev–Trinajstić information content (AvgIpc) is 2.74. The molecule has 0 saturated heterocycles. The Morgan fingerprint density at radius 2 is 0.818 bits per heavy atom. The molecule has 0 N–H and O–H groups in total. The van der Waals surface area contributed by atoms with Crippen molar-refractivity contribution in [3.63, 3.8) is 0 Å². The van der Waals surface area contributed by atoms with E-state index in [1.54, 1.807) is 13.8 Å². The molecule has 8 nitrogen and oxygen atoms in total. The first kappa shape index (κ1) is 37.2. The molecule has 0 heterocycles. The van der Waals surface area contributed by atoms with Crippen LogP contribution in [0.15, 0.2) is 0 Å². The molecule has 0 amide bonds. The molecule has 0 aromatic rings. The molecule has 0 rings (SSSR count). The zero-order valence-electron chi connectivity index (χ0n) is 22.3. The zero-order valence-corrected chi connectivity index (χ0v) is 26.6. The molecule has 0 fully saturated rings. The smallest absolute Gasteiger partial charge is 0.397 e. The fourth-order valence-corrected chi connectivity index (χ4v) is 11.1. The maximum atomic E-state index is 11.9. The molecule has 0 aromatic heterocycles. The van der Waals surface area contributed by atoms with Crippen molar-refractivity contribution in [2.24, 2.45) is 0 Å². The first-order chi connectivity index (χ1) is 14.7. The molecule has 0 aliphatic heterocycles. The van der Waals surface area contributed by atoms with Gasteiger partial charge in [0.05, 0.1) is 0 Å². The van der Waals surface area contributed by atoms with Gasteiger partial charge in [-0.05, 0) is 24.9 Å². The van der Waals surface area contributed by atoms with E-state index >= 15 is 0 Å². The van der Waals surface area contributed by atoms with Gasteiger partial charge in [0.1, 0.15) is 34.2 Å². The van der Waals surface area contributed by atoms with Crippen LogP contribution in [0.2, 0.25) is 22.2 Å². The number of ketones is 4. The Kier molecular flexibility index (Phi) is 19.3. The van der Waals surface area contributed by atoms with Crippen LogP contribution in [-0.4, -0.2) is 68.7 Å². The second-order valence-corrected chi connectivity index (χ2v) is 16.3. The summed E-state index contributed by atoms with van der Waals surface area (Å²) in [4.78, 5) is 47.1. The Hall–Kier alpha value is -0.358.